The summed E-state index contributed by atoms with van der Waals surface area (Å²) in [5.41, 5.74) is 0. The van der Waals surface area contributed by atoms with Gasteiger partial charge in [-0.05, 0) is 18.6 Å². The second-order valence-corrected chi connectivity index (χ2v) is 3.87. The van der Waals surface area contributed by atoms with Gasteiger partial charge in [-0.25, -0.2) is 0 Å². The van der Waals surface area contributed by atoms with Gasteiger partial charge in [0.05, 0.1) is 0 Å². The molecule has 1 fully saturated rings. The van der Waals surface area contributed by atoms with Crippen molar-refractivity contribution in [3.05, 3.63) is 24.5 Å². The molecule has 2 amide bonds. The minimum atomic E-state index is -0.336. The summed E-state index contributed by atoms with van der Waals surface area (Å²) < 4.78 is 1.99. The van der Waals surface area contributed by atoms with E-state index in [-0.39, 0.29) is 17.9 Å². The molecule has 1 saturated heterocycles. The summed E-state index contributed by atoms with van der Waals surface area (Å²) in [6.45, 7) is 1.33. The van der Waals surface area contributed by atoms with Gasteiger partial charge in [-0.15, -0.1) is 0 Å². The van der Waals surface area contributed by atoms with Crippen molar-refractivity contribution in [2.45, 2.75) is 25.4 Å². The molecule has 86 valence electrons. The highest BCUT2D eigenvalue weighted by atomic mass is 16.2. The van der Waals surface area contributed by atoms with Crippen LogP contribution in [-0.4, -0.2) is 29.0 Å². The summed E-state index contributed by atoms with van der Waals surface area (Å²) in [4.78, 5) is 22.5. The van der Waals surface area contributed by atoms with Crippen molar-refractivity contribution in [1.82, 2.24) is 15.2 Å². The number of nitrogens with zero attached hydrogens (tertiary/aromatic N) is 1. The molecular formula is C11H15N3O2. The van der Waals surface area contributed by atoms with E-state index < -0.39 is 0 Å². The van der Waals surface area contributed by atoms with Crippen molar-refractivity contribution < 1.29 is 9.59 Å². The number of amides is 2. The molecule has 1 aromatic rings. The van der Waals surface area contributed by atoms with Crippen LogP contribution in [0, 0.1) is 0 Å². The molecule has 0 aliphatic carbocycles. The monoisotopic (exact) mass is 221 g/mol. The van der Waals surface area contributed by atoms with Crippen LogP contribution in [0.3, 0.4) is 0 Å². The van der Waals surface area contributed by atoms with E-state index in [2.05, 4.69) is 10.6 Å². The molecule has 1 atom stereocenters. The van der Waals surface area contributed by atoms with Gasteiger partial charge < -0.3 is 15.2 Å². The molecule has 16 heavy (non-hydrogen) atoms. The Kier molecular flexibility index (Phi) is 3.24. The maximum atomic E-state index is 11.6. The lowest BCUT2D eigenvalue weighted by atomic mass is 10.2. The summed E-state index contributed by atoms with van der Waals surface area (Å²) in [5, 5.41) is 5.45. The van der Waals surface area contributed by atoms with E-state index in [0.717, 1.165) is 6.54 Å². The molecule has 1 unspecified atom stereocenters. The Bertz CT molecular complexity index is 373. The Hall–Kier alpha value is -1.78. The van der Waals surface area contributed by atoms with Crippen molar-refractivity contribution in [2.75, 3.05) is 6.54 Å². The van der Waals surface area contributed by atoms with E-state index in [1.807, 2.05) is 29.1 Å². The van der Waals surface area contributed by atoms with Crippen LogP contribution in [0.5, 0.6) is 0 Å². The second kappa shape index (κ2) is 4.83. The highest BCUT2D eigenvalue weighted by Crippen LogP contribution is 2.05. The molecule has 5 heteroatoms. The quantitative estimate of drug-likeness (QED) is 0.744. The standard InChI is InChI=1S/C11H15N3O2/c15-10-4-3-9(13-10)11(16)12-5-8-14-6-1-2-7-14/h1-2,6-7,9H,3-5,8H2,(H,12,16)(H,13,15). The predicted molar refractivity (Wildman–Crippen MR) is 58.6 cm³/mol. The Balaban J connectivity index is 1.70. The Morgan fingerprint density at radius 3 is 2.88 bits per heavy atom. The summed E-state index contributed by atoms with van der Waals surface area (Å²) in [7, 11) is 0. The number of carbonyl (C=O) groups is 2. The fourth-order valence-corrected chi connectivity index (χ4v) is 1.76. The molecule has 0 radical (unpaired) electrons. The highest BCUT2D eigenvalue weighted by molar-refractivity contribution is 5.90. The van der Waals surface area contributed by atoms with E-state index >= 15 is 0 Å². The van der Waals surface area contributed by atoms with E-state index in [0.29, 0.717) is 19.4 Å². The first-order chi connectivity index (χ1) is 7.75. The van der Waals surface area contributed by atoms with Gasteiger partial charge in [0.15, 0.2) is 0 Å². The zero-order chi connectivity index (χ0) is 11.4. The molecule has 2 heterocycles. The van der Waals surface area contributed by atoms with Crippen molar-refractivity contribution in [2.24, 2.45) is 0 Å². The number of carbonyl (C=O) groups excluding carboxylic acids is 2. The molecule has 0 bridgehead atoms. The molecule has 0 saturated carbocycles. The number of rotatable bonds is 4. The van der Waals surface area contributed by atoms with E-state index in [1.165, 1.54) is 0 Å². The first-order valence-corrected chi connectivity index (χ1v) is 5.43. The number of hydrogen-bond donors (Lipinski definition) is 2. The lowest BCUT2D eigenvalue weighted by Crippen LogP contribution is -2.42. The van der Waals surface area contributed by atoms with Crippen LogP contribution in [0.4, 0.5) is 0 Å². The first kappa shape index (κ1) is 10.7. The zero-order valence-corrected chi connectivity index (χ0v) is 8.98. The van der Waals surface area contributed by atoms with Crippen LogP contribution in [-0.2, 0) is 16.1 Å². The maximum Gasteiger partial charge on any atom is 0.242 e. The maximum absolute atomic E-state index is 11.6. The number of aromatic nitrogens is 1. The van der Waals surface area contributed by atoms with Crippen LogP contribution < -0.4 is 10.6 Å². The minimum absolute atomic E-state index is 0.0365. The molecule has 1 aliphatic rings. The molecule has 2 rings (SSSR count). The lowest BCUT2D eigenvalue weighted by Gasteiger charge is -2.11. The van der Waals surface area contributed by atoms with E-state index in [4.69, 9.17) is 0 Å². The van der Waals surface area contributed by atoms with Gasteiger partial charge in [0.1, 0.15) is 6.04 Å². The number of nitrogens with one attached hydrogen (secondary N) is 2. The highest BCUT2D eigenvalue weighted by Gasteiger charge is 2.26. The van der Waals surface area contributed by atoms with Gasteiger partial charge >= 0.3 is 0 Å². The van der Waals surface area contributed by atoms with Gasteiger partial charge in [0.25, 0.3) is 0 Å². The molecule has 2 N–H and O–H groups in total. The largest absolute Gasteiger partial charge is 0.353 e. The Morgan fingerprint density at radius 2 is 2.25 bits per heavy atom. The van der Waals surface area contributed by atoms with Gasteiger partial charge in [-0.1, -0.05) is 0 Å². The predicted octanol–water partition coefficient (Wildman–Crippen LogP) is -0.117. The fraction of sp³-hybridized carbons (Fsp3) is 0.455. The minimum Gasteiger partial charge on any atom is -0.353 e. The van der Waals surface area contributed by atoms with Crippen LogP contribution in [0.25, 0.3) is 0 Å². The van der Waals surface area contributed by atoms with Crippen molar-refractivity contribution in [3.63, 3.8) is 0 Å². The summed E-state index contributed by atoms with van der Waals surface area (Å²) in [6, 6.07) is 3.55. The zero-order valence-electron chi connectivity index (χ0n) is 8.98. The molecule has 1 aliphatic heterocycles. The van der Waals surface area contributed by atoms with E-state index in [1.54, 1.807) is 0 Å². The molecular weight excluding hydrogens is 206 g/mol. The smallest absolute Gasteiger partial charge is 0.242 e. The van der Waals surface area contributed by atoms with Gasteiger partial charge in [-0.3, -0.25) is 9.59 Å². The van der Waals surface area contributed by atoms with Gasteiger partial charge in [-0.2, -0.15) is 0 Å². The average Bonchev–Trinajstić information content (AvgIpc) is 2.89. The third-order valence-corrected chi connectivity index (χ3v) is 2.65. The van der Waals surface area contributed by atoms with Crippen LogP contribution >= 0.6 is 0 Å². The third-order valence-electron chi connectivity index (χ3n) is 2.65. The number of hydrogen-bond acceptors (Lipinski definition) is 2. The van der Waals surface area contributed by atoms with Crippen molar-refractivity contribution in [1.29, 1.82) is 0 Å². The van der Waals surface area contributed by atoms with Crippen molar-refractivity contribution >= 4 is 11.8 Å². The van der Waals surface area contributed by atoms with E-state index in [9.17, 15) is 9.59 Å². The molecule has 1 aromatic heterocycles. The van der Waals surface area contributed by atoms with Crippen LogP contribution in [0.15, 0.2) is 24.5 Å². The van der Waals surface area contributed by atoms with Gasteiger partial charge in [0.2, 0.25) is 11.8 Å². The molecule has 5 nitrogen and oxygen atoms in total. The molecule has 0 spiro atoms. The fourth-order valence-electron chi connectivity index (χ4n) is 1.76. The van der Waals surface area contributed by atoms with Crippen LogP contribution in [0.2, 0.25) is 0 Å². The summed E-state index contributed by atoms with van der Waals surface area (Å²) >= 11 is 0. The van der Waals surface area contributed by atoms with Crippen molar-refractivity contribution in [3.8, 4) is 0 Å². The SMILES string of the molecule is O=C1CCC(C(=O)NCCn2cccc2)N1. The summed E-state index contributed by atoms with van der Waals surface area (Å²) in [5.74, 6) is -0.122. The lowest BCUT2D eigenvalue weighted by molar-refractivity contribution is -0.125. The third kappa shape index (κ3) is 2.62. The average molecular weight is 221 g/mol. The van der Waals surface area contributed by atoms with Crippen LogP contribution in [0.1, 0.15) is 12.8 Å². The first-order valence-electron chi connectivity index (χ1n) is 5.43. The molecule has 0 aromatic carbocycles. The Labute approximate surface area is 93.8 Å². The second-order valence-electron chi connectivity index (χ2n) is 3.87. The normalized spacial score (nSPS) is 19.5. The Morgan fingerprint density at radius 1 is 1.50 bits per heavy atom. The topological polar surface area (TPSA) is 63.1 Å². The van der Waals surface area contributed by atoms with Gasteiger partial charge in [0, 0.05) is 31.9 Å². The summed E-state index contributed by atoms with van der Waals surface area (Å²) in [6.07, 6.45) is 4.96.